The number of carbonyl (C=O) groups is 1. The van der Waals surface area contributed by atoms with Gasteiger partial charge in [0.1, 0.15) is 5.82 Å². The SMILES string of the molecule is CCc1nc(C2CCN(C(=O)c3ccsc3)CC2)n[nH]1. The Morgan fingerprint density at radius 3 is 2.90 bits per heavy atom. The number of amides is 1. The summed E-state index contributed by atoms with van der Waals surface area (Å²) in [4.78, 5) is 18.7. The van der Waals surface area contributed by atoms with E-state index in [1.807, 2.05) is 21.7 Å². The summed E-state index contributed by atoms with van der Waals surface area (Å²) >= 11 is 1.56. The number of hydrogen-bond donors (Lipinski definition) is 1. The van der Waals surface area contributed by atoms with E-state index in [2.05, 4.69) is 22.1 Å². The van der Waals surface area contributed by atoms with Crippen LogP contribution < -0.4 is 0 Å². The minimum atomic E-state index is 0.147. The summed E-state index contributed by atoms with van der Waals surface area (Å²) in [6, 6.07) is 1.89. The van der Waals surface area contributed by atoms with Gasteiger partial charge in [-0.05, 0) is 24.3 Å². The first-order chi connectivity index (χ1) is 9.78. The molecule has 0 atom stereocenters. The number of aromatic nitrogens is 3. The molecule has 20 heavy (non-hydrogen) atoms. The standard InChI is InChI=1S/C14H18N4OS/c1-2-12-15-13(17-16-12)10-3-6-18(7-4-10)14(19)11-5-8-20-9-11/h5,8-10H,2-4,6-7H2,1H3,(H,15,16,17). The lowest BCUT2D eigenvalue weighted by Crippen LogP contribution is -2.37. The second-order valence-electron chi connectivity index (χ2n) is 5.07. The number of carbonyl (C=O) groups excluding carboxylic acids is 1. The molecule has 0 saturated carbocycles. The average molecular weight is 290 g/mol. The third kappa shape index (κ3) is 2.60. The monoisotopic (exact) mass is 290 g/mol. The van der Waals surface area contributed by atoms with Crippen molar-refractivity contribution in [2.45, 2.75) is 32.1 Å². The van der Waals surface area contributed by atoms with E-state index in [-0.39, 0.29) is 5.91 Å². The zero-order valence-electron chi connectivity index (χ0n) is 11.5. The van der Waals surface area contributed by atoms with Crippen LogP contribution in [-0.2, 0) is 6.42 Å². The largest absolute Gasteiger partial charge is 0.339 e. The summed E-state index contributed by atoms with van der Waals surface area (Å²) < 4.78 is 0. The number of rotatable bonds is 3. The fraction of sp³-hybridized carbons (Fsp3) is 0.500. The molecule has 1 aliphatic rings. The maximum atomic E-state index is 12.2. The van der Waals surface area contributed by atoms with Crippen molar-refractivity contribution in [3.63, 3.8) is 0 Å². The number of thiophene rings is 1. The number of H-pyrrole nitrogens is 1. The third-order valence-corrected chi connectivity index (χ3v) is 4.48. The number of hydrogen-bond acceptors (Lipinski definition) is 4. The second-order valence-corrected chi connectivity index (χ2v) is 5.85. The first-order valence-electron chi connectivity index (χ1n) is 7.00. The molecule has 3 heterocycles. The molecule has 1 N–H and O–H groups in total. The summed E-state index contributed by atoms with van der Waals surface area (Å²) in [5.74, 6) is 2.37. The quantitative estimate of drug-likeness (QED) is 0.944. The molecule has 2 aromatic rings. The van der Waals surface area contributed by atoms with Crippen molar-refractivity contribution in [2.75, 3.05) is 13.1 Å². The van der Waals surface area contributed by atoms with E-state index < -0.39 is 0 Å². The molecule has 1 saturated heterocycles. The molecule has 1 aliphatic heterocycles. The Hall–Kier alpha value is -1.69. The molecule has 0 aliphatic carbocycles. The van der Waals surface area contributed by atoms with Gasteiger partial charge in [0.25, 0.3) is 5.91 Å². The van der Waals surface area contributed by atoms with Crippen LogP contribution in [0.1, 0.15) is 47.7 Å². The van der Waals surface area contributed by atoms with E-state index in [9.17, 15) is 4.79 Å². The van der Waals surface area contributed by atoms with Gasteiger partial charge >= 0.3 is 0 Å². The first-order valence-corrected chi connectivity index (χ1v) is 7.95. The number of nitrogens with zero attached hydrogens (tertiary/aromatic N) is 3. The molecular weight excluding hydrogens is 272 g/mol. The number of likely N-dealkylation sites (tertiary alicyclic amines) is 1. The molecule has 1 amide bonds. The lowest BCUT2D eigenvalue weighted by molar-refractivity contribution is 0.0711. The second kappa shape index (κ2) is 5.75. The van der Waals surface area contributed by atoms with Crippen molar-refractivity contribution >= 4 is 17.2 Å². The highest BCUT2D eigenvalue weighted by molar-refractivity contribution is 7.08. The van der Waals surface area contributed by atoms with Crippen molar-refractivity contribution < 1.29 is 4.79 Å². The summed E-state index contributed by atoms with van der Waals surface area (Å²) in [5.41, 5.74) is 0.805. The Labute approximate surface area is 122 Å². The van der Waals surface area contributed by atoms with Gasteiger partial charge in [-0.15, -0.1) is 0 Å². The minimum Gasteiger partial charge on any atom is -0.339 e. The fourth-order valence-electron chi connectivity index (χ4n) is 2.56. The van der Waals surface area contributed by atoms with Gasteiger partial charge in [-0.25, -0.2) is 4.98 Å². The van der Waals surface area contributed by atoms with Gasteiger partial charge in [0, 0.05) is 30.8 Å². The van der Waals surface area contributed by atoms with Crippen LogP contribution in [0, 0.1) is 0 Å². The van der Waals surface area contributed by atoms with Crippen molar-refractivity contribution in [2.24, 2.45) is 0 Å². The lowest BCUT2D eigenvalue weighted by atomic mass is 9.96. The highest BCUT2D eigenvalue weighted by Crippen LogP contribution is 2.26. The molecular formula is C14H18N4OS. The first kappa shape index (κ1) is 13.3. The molecule has 3 rings (SSSR count). The van der Waals surface area contributed by atoms with Gasteiger partial charge in [0.15, 0.2) is 5.82 Å². The molecule has 5 nitrogen and oxygen atoms in total. The zero-order chi connectivity index (χ0) is 13.9. The van der Waals surface area contributed by atoms with E-state index in [0.29, 0.717) is 5.92 Å². The van der Waals surface area contributed by atoms with Gasteiger partial charge in [0.05, 0.1) is 5.56 Å². The Bertz CT molecular complexity index is 570. The summed E-state index contributed by atoms with van der Waals surface area (Å²) in [5, 5.41) is 11.1. The summed E-state index contributed by atoms with van der Waals surface area (Å²) in [6.07, 6.45) is 2.76. The molecule has 106 valence electrons. The Kier molecular flexibility index (Phi) is 3.82. The number of nitrogens with one attached hydrogen (secondary N) is 1. The number of aromatic amines is 1. The van der Waals surface area contributed by atoms with Crippen LogP contribution in [0.2, 0.25) is 0 Å². The summed E-state index contributed by atoms with van der Waals surface area (Å²) in [6.45, 7) is 3.64. The predicted octanol–water partition coefficient (Wildman–Crippen LogP) is 2.45. The van der Waals surface area contributed by atoms with E-state index in [0.717, 1.165) is 49.6 Å². The van der Waals surface area contributed by atoms with Crippen LogP contribution in [-0.4, -0.2) is 39.1 Å². The normalized spacial score (nSPS) is 16.6. The zero-order valence-corrected chi connectivity index (χ0v) is 12.3. The van der Waals surface area contributed by atoms with Crippen molar-refractivity contribution in [3.05, 3.63) is 34.0 Å². The fourth-order valence-corrected chi connectivity index (χ4v) is 3.19. The van der Waals surface area contributed by atoms with Crippen LogP contribution in [0.3, 0.4) is 0 Å². The van der Waals surface area contributed by atoms with Crippen molar-refractivity contribution in [3.8, 4) is 0 Å². The predicted molar refractivity (Wildman–Crippen MR) is 78.0 cm³/mol. The lowest BCUT2D eigenvalue weighted by Gasteiger charge is -2.30. The number of aryl methyl sites for hydroxylation is 1. The highest BCUT2D eigenvalue weighted by atomic mass is 32.1. The Balaban J connectivity index is 1.60. The Morgan fingerprint density at radius 1 is 1.50 bits per heavy atom. The van der Waals surface area contributed by atoms with E-state index >= 15 is 0 Å². The van der Waals surface area contributed by atoms with E-state index in [1.165, 1.54) is 0 Å². The molecule has 6 heteroatoms. The van der Waals surface area contributed by atoms with Gasteiger partial charge in [0.2, 0.25) is 0 Å². The highest BCUT2D eigenvalue weighted by Gasteiger charge is 2.26. The maximum absolute atomic E-state index is 12.2. The van der Waals surface area contributed by atoms with Crippen LogP contribution in [0.15, 0.2) is 16.8 Å². The minimum absolute atomic E-state index is 0.147. The third-order valence-electron chi connectivity index (χ3n) is 3.80. The molecule has 0 unspecified atom stereocenters. The maximum Gasteiger partial charge on any atom is 0.254 e. The van der Waals surface area contributed by atoms with Crippen molar-refractivity contribution in [1.82, 2.24) is 20.1 Å². The van der Waals surface area contributed by atoms with E-state index in [1.54, 1.807) is 11.3 Å². The van der Waals surface area contributed by atoms with Crippen LogP contribution in [0.25, 0.3) is 0 Å². The number of piperidine rings is 1. The molecule has 0 bridgehead atoms. The Morgan fingerprint density at radius 2 is 2.30 bits per heavy atom. The molecule has 0 aromatic carbocycles. The smallest absolute Gasteiger partial charge is 0.254 e. The van der Waals surface area contributed by atoms with E-state index in [4.69, 9.17) is 0 Å². The van der Waals surface area contributed by atoms with Crippen molar-refractivity contribution in [1.29, 1.82) is 0 Å². The average Bonchev–Trinajstić information content (AvgIpc) is 3.18. The summed E-state index contributed by atoms with van der Waals surface area (Å²) in [7, 11) is 0. The van der Waals surface area contributed by atoms with Gasteiger partial charge in [-0.2, -0.15) is 16.4 Å². The van der Waals surface area contributed by atoms with Crippen LogP contribution >= 0.6 is 11.3 Å². The molecule has 2 aromatic heterocycles. The molecule has 1 fully saturated rings. The molecule has 0 radical (unpaired) electrons. The molecule has 0 spiro atoms. The van der Waals surface area contributed by atoms with Gasteiger partial charge in [-0.1, -0.05) is 6.92 Å². The van der Waals surface area contributed by atoms with Gasteiger partial charge < -0.3 is 4.90 Å². The van der Waals surface area contributed by atoms with Crippen LogP contribution in [0.4, 0.5) is 0 Å². The topological polar surface area (TPSA) is 61.9 Å². The van der Waals surface area contributed by atoms with Crippen LogP contribution in [0.5, 0.6) is 0 Å². The van der Waals surface area contributed by atoms with Gasteiger partial charge in [-0.3, -0.25) is 9.89 Å².